The number of thiazole rings is 1. The summed E-state index contributed by atoms with van der Waals surface area (Å²) in [5, 5.41) is 7.12. The molecule has 1 heterocycles. The smallest absolute Gasteiger partial charge is 0.322 e. The monoisotopic (exact) mass is 398 g/mol. The van der Waals surface area contributed by atoms with E-state index >= 15 is 0 Å². The quantitative estimate of drug-likeness (QED) is 0.646. The van der Waals surface area contributed by atoms with Crippen molar-refractivity contribution in [1.29, 1.82) is 0 Å². The van der Waals surface area contributed by atoms with Gasteiger partial charge in [0.1, 0.15) is 0 Å². The van der Waals surface area contributed by atoms with Gasteiger partial charge in [-0.2, -0.15) is 13.2 Å². The van der Waals surface area contributed by atoms with Crippen LogP contribution in [0.3, 0.4) is 0 Å². The molecule has 1 aliphatic carbocycles. The molecule has 2 amide bonds. The highest BCUT2D eigenvalue weighted by molar-refractivity contribution is 7.13. The first-order valence-electron chi connectivity index (χ1n) is 8.79. The van der Waals surface area contributed by atoms with Gasteiger partial charge in [-0.25, -0.2) is 9.78 Å². The van der Waals surface area contributed by atoms with Crippen LogP contribution in [0, 0.1) is 5.92 Å². The first-order chi connectivity index (χ1) is 12.8. The maximum atomic E-state index is 12.7. The third-order valence-electron chi connectivity index (χ3n) is 4.69. The Morgan fingerprint density at radius 3 is 2.67 bits per heavy atom. The van der Waals surface area contributed by atoms with Crippen molar-refractivity contribution < 1.29 is 18.0 Å². The highest BCUT2D eigenvalue weighted by atomic mass is 32.1. The number of nitrogens with two attached hydrogens (primary N) is 1. The van der Waals surface area contributed by atoms with E-state index in [0.29, 0.717) is 11.0 Å². The van der Waals surface area contributed by atoms with Gasteiger partial charge < -0.3 is 11.1 Å². The highest BCUT2D eigenvalue weighted by Crippen LogP contribution is 2.34. The van der Waals surface area contributed by atoms with Gasteiger partial charge >= 0.3 is 12.2 Å². The molecular formula is C18H21F3N4OS. The van der Waals surface area contributed by atoms with Crippen molar-refractivity contribution in [2.75, 3.05) is 10.6 Å². The molecule has 0 bridgehead atoms. The van der Waals surface area contributed by atoms with E-state index in [-0.39, 0.29) is 11.7 Å². The molecule has 1 atom stereocenters. The number of anilines is 2. The summed E-state index contributed by atoms with van der Waals surface area (Å²) in [5.41, 5.74) is 6.27. The second kappa shape index (κ2) is 8.26. The second-order valence-corrected chi connectivity index (χ2v) is 7.52. The minimum atomic E-state index is -4.46. The number of benzene rings is 1. The van der Waals surface area contributed by atoms with Crippen LogP contribution in [0.5, 0.6) is 0 Å². The zero-order chi connectivity index (χ0) is 19.4. The number of carbonyl (C=O) groups excluding carboxylic acids is 1. The van der Waals surface area contributed by atoms with Crippen molar-refractivity contribution >= 4 is 28.2 Å². The van der Waals surface area contributed by atoms with Crippen molar-refractivity contribution in [1.82, 2.24) is 4.98 Å². The lowest BCUT2D eigenvalue weighted by Crippen LogP contribution is -2.24. The van der Waals surface area contributed by atoms with Crippen LogP contribution in [0.25, 0.3) is 0 Å². The zero-order valence-electron chi connectivity index (χ0n) is 14.6. The number of hydrogen-bond acceptors (Lipinski definition) is 4. The van der Waals surface area contributed by atoms with Crippen LogP contribution in [-0.4, -0.2) is 11.0 Å². The molecule has 4 N–H and O–H groups in total. The molecule has 0 aliphatic heterocycles. The molecule has 1 aromatic heterocycles. The Labute approximate surface area is 159 Å². The third-order valence-corrected chi connectivity index (χ3v) is 5.47. The fourth-order valence-corrected chi connectivity index (χ4v) is 4.02. The zero-order valence-corrected chi connectivity index (χ0v) is 15.4. The lowest BCUT2D eigenvalue weighted by molar-refractivity contribution is -0.137. The number of amides is 2. The number of alkyl halides is 3. The molecule has 3 rings (SSSR count). The van der Waals surface area contributed by atoms with Crippen molar-refractivity contribution in [2.24, 2.45) is 11.7 Å². The Kier molecular flexibility index (Phi) is 6.01. The maximum absolute atomic E-state index is 12.7. The van der Waals surface area contributed by atoms with E-state index in [2.05, 4.69) is 15.6 Å². The van der Waals surface area contributed by atoms with Crippen molar-refractivity contribution in [3.8, 4) is 0 Å². The number of nitrogens with zero attached hydrogens (tertiary/aromatic N) is 1. The van der Waals surface area contributed by atoms with Crippen LogP contribution in [0.15, 0.2) is 29.6 Å². The van der Waals surface area contributed by atoms with Gasteiger partial charge in [0.2, 0.25) is 0 Å². The van der Waals surface area contributed by atoms with Crippen LogP contribution in [0.1, 0.15) is 49.4 Å². The predicted octanol–water partition coefficient (Wildman–Crippen LogP) is 5.39. The van der Waals surface area contributed by atoms with Gasteiger partial charge in [0.15, 0.2) is 5.13 Å². The van der Waals surface area contributed by atoms with E-state index in [1.807, 2.05) is 5.38 Å². The summed E-state index contributed by atoms with van der Waals surface area (Å²) in [7, 11) is 0. The molecule has 1 unspecified atom stereocenters. The van der Waals surface area contributed by atoms with E-state index in [1.54, 1.807) is 0 Å². The lowest BCUT2D eigenvalue weighted by atomic mass is 9.83. The lowest BCUT2D eigenvalue weighted by Gasteiger charge is -2.26. The molecule has 146 valence electrons. The van der Waals surface area contributed by atoms with Gasteiger partial charge in [-0.3, -0.25) is 5.32 Å². The molecule has 1 fully saturated rings. The Morgan fingerprint density at radius 2 is 1.96 bits per heavy atom. The molecule has 0 spiro atoms. The van der Waals surface area contributed by atoms with E-state index in [0.717, 1.165) is 30.7 Å². The molecule has 1 aromatic carbocycles. The van der Waals surface area contributed by atoms with E-state index < -0.39 is 17.8 Å². The molecule has 27 heavy (non-hydrogen) atoms. The fraction of sp³-hybridized carbons (Fsp3) is 0.444. The molecule has 1 aliphatic rings. The SMILES string of the molecule is NC(c1csc(NC(=O)Nc2cccc(C(F)(F)F)c2)n1)C1CCCCC1. The van der Waals surface area contributed by atoms with Crippen molar-refractivity contribution in [2.45, 2.75) is 44.3 Å². The largest absolute Gasteiger partial charge is 0.416 e. The minimum absolute atomic E-state index is 0.0537. The number of carbonyl (C=O) groups is 1. The van der Waals surface area contributed by atoms with Crippen LogP contribution >= 0.6 is 11.3 Å². The van der Waals surface area contributed by atoms with Gasteiger partial charge in [-0.1, -0.05) is 25.3 Å². The third kappa shape index (κ3) is 5.20. The summed E-state index contributed by atoms with van der Waals surface area (Å²) >= 11 is 1.25. The Bertz CT molecular complexity index is 787. The Balaban J connectivity index is 1.59. The van der Waals surface area contributed by atoms with Gasteiger partial charge in [0.25, 0.3) is 0 Å². The first kappa shape index (κ1) is 19.6. The number of nitrogens with one attached hydrogen (secondary N) is 2. The van der Waals surface area contributed by atoms with Crippen molar-refractivity contribution in [3.63, 3.8) is 0 Å². The standard InChI is InChI=1S/C18H21F3N4OS/c19-18(20,21)12-7-4-8-13(9-12)23-16(26)25-17-24-14(10-27-17)15(22)11-5-2-1-3-6-11/h4,7-11,15H,1-3,5-6,22H2,(H2,23,24,25,26). The van der Waals surface area contributed by atoms with E-state index in [4.69, 9.17) is 5.73 Å². The molecule has 2 aromatic rings. The predicted molar refractivity (Wildman–Crippen MR) is 99.7 cm³/mol. The first-order valence-corrected chi connectivity index (χ1v) is 9.67. The molecular weight excluding hydrogens is 377 g/mol. The summed E-state index contributed by atoms with van der Waals surface area (Å²) in [4.78, 5) is 16.4. The highest BCUT2D eigenvalue weighted by Gasteiger charge is 2.30. The summed E-state index contributed by atoms with van der Waals surface area (Å²) in [6, 6.07) is 3.64. The maximum Gasteiger partial charge on any atom is 0.416 e. The number of rotatable bonds is 4. The van der Waals surface area contributed by atoms with Crippen LogP contribution in [0.2, 0.25) is 0 Å². The molecule has 0 saturated heterocycles. The Morgan fingerprint density at radius 1 is 1.22 bits per heavy atom. The van der Waals surface area contributed by atoms with Gasteiger partial charge in [0, 0.05) is 11.1 Å². The summed E-state index contributed by atoms with van der Waals surface area (Å²) < 4.78 is 38.2. The normalized spacial score (nSPS) is 16.7. The second-order valence-electron chi connectivity index (χ2n) is 6.66. The molecule has 9 heteroatoms. The van der Waals surface area contributed by atoms with E-state index in [9.17, 15) is 18.0 Å². The number of aromatic nitrogens is 1. The van der Waals surface area contributed by atoms with Gasteiger partial charge in [0.05, 0.1) is 17.3 Å². The van der Waals surface area contributed by atoms with Crippen LogP contribution < -0.4 is 16.4 Å². The van der Waals surface area contributed by atoms with Gasteiger partial charge in [-0.05, 0) is 37.0 Å². The van der Waals surface area contributed by atoms with E-state index in [1.165, 1.54) is 42.7 Å². The number of hydrogen-bond donors (Lipinski definition) is 3. The minimum Gasteiger partial charge on any atom is -0.322 e. The molecule has 1 saturated carbocycles. The topological polar surface area (TPSA) is 80.0 Å². The Hall–Kier alpha value is -2.13. The number of urea groups is 1. The summed E-state index contributed by atoms with van der Waals surface area (Å²) in [5.74, 6) is 0.396. The van der Waals surface area contributed by atoms with Crippen LogP contribution in [0.4, 0.5) is 28.8 Å². The number of halogens is 3. The summed E-state index contributed by atoms with van der Waals surface area (Å²) in [6.07, 6.45) is 1.28. The average Bonchev–Trinajstić information content (AvgIpc) is 3.09. The molecule has 0 radical (unpaired) electrons. The average molecular weight is 398 g/mol. The molecule has 5 nitrogen and oxygen atoms in total. The fourth-order valence-electron chi connectivity index (χ4n) is 3.26. The van der Waals surface area contributed by atoms with Crippen LogP contribution in [-0.2, 0) is 6.18 Å². The summed E-state index contributed by atoms with van der Waals surface area (Å²) in [6.45, 7) is 0. The van der Waals surface area contributed by atoms with Gasteiger partial charge in [-0.15, -0.1) is 11.3 Å². The van der Waals surface area contributed by atoms with Crippen molar-refractivity contribution in [3.05, 3.63) is 40.9 Å².